The number of hydrogen-bond donors (Lipinski definition) is 2. The molecule has 4 heteroatoms. The van der Waals surface area contributed by atoms with Crippen molar-refractivity contribution >= 4 is 11.6 Å². The molecule has 1 aromatic carbocycles. The van der Waals surface area contributed by atoms with E-state index in [0.717, 1.165) is 11.5 Å². The monoisotopic (exact) mass is 322 g/mol. The quantitative estimate of drug-likeness (QED) is 0.844. The van der Waals surface area contributed by atoms with Crippen LogP contribution in [0.2, 0.25) is 5.02 Å². The highest BCUT2D eigenvalue weighted by molar-refractivity contribution is 6.30. The van der Waals surface area contributed by atoms with Gasteiger partial charge in [0, 0.05) is 23.7 Å². The van der Waals surface area contributed by atoms with Crippen LogP contribution in [0.25, 0.3) is 0 Å². The van der Waals surface area contributed by atoms with Gasteiger partial charge in [-0.25, -0.2) is 0 Å². The van der Waals surface area contributed by atoms with Crippen LogP contribution in [0.5, 0.6) is 0 Å². The summed E-state index contributed by atoms with van der Waals surface area (Å²) in [6.07, 6.45) is 4.75. The average molecular weight is 323 g/mol. The summed E-state index contributed by atoms with van der Waals surface area (Å²) < 4.78 is 0. The number of nitrogens with zero attached hydrogens (tertiary/aromatic N) is 1. The third kappa shape index (κ3) is 4.45. The molecule has 1 aliphatic carbocycles. The van der Waals surface area contributed by atoms with Gasteiger partial charge < -0.3 is 15.3 Å². The van der Waals surface area contributed by atoms with Crippen LogP contribution >= 0.6 is 11.6 Å². The first-order chi connectivity index (χ1) is 10.6. The van der Waals surface area contributed by atoms with Gasteiger partial charge in [0.2, 0.25) is 0 Å². The van der Waals surface area contributed by atoms with E-state index in [-0.39, 0.29) is 6.04 Å². The van der Waals surface area contributed by atoms with Crippen molar-refractivity contribution in [1.82, 2.24) is 10.2 Å². The molecule has 0 aromatic heterocycles. The maximum atomic E-state index is 10.5. The number of aliphatic hydroxyl groups excluding tert-OH is 1. The van der Waals surface area contributed by atoms with Crippen LogP contribution in [-0.4, -0.2) is 41.7 Å². The van der Waals surface area contributed by atoms with Crippen LogP contribution in [-0.2, 0) is 0 Å². The van der Waals surface area contributed by atoms with Gasteiger partial charge in [-0.1, -0.05) is 23.7 Å². The first-order valence-corrected chi connectivity index (χ1v) is 8.91. The lowest BCUT2D eigenvalue weighted by molar-refractivity contribution is 0.114. The van der Waals surface area contributed by atoms with E-state index in [2.05, 4.69) is 17.1 Å². The summed E-state index contributed by atoms with van der Waals surface area (Å²) >= 11 is 5.90. The molecule has 3 rings (SSSR count). The molecule has 122 valence electrons. The van der Waals surface area contributed by atoms with Gasteiger partial charge in [0.05, 0.1) is 6.10 Å². The molecule has 2 unspecified atom stereocenters. The number of halogens is 1. The van der Waals surface area contributed by atoms with Crippen LogP contribution in [0.15, 0.2) is 24.3 Å². The van der Waals surface area contributed by atoms with Gasteiger partial charge in [-0.2, -0.15) is 0 Å². The summed E-state index contributed by atoms with van der Waals surface area (Å²) in [5.74, 6) is 0.982. The summed E-state index contributed by atoms with van der Waals surface area (Å²) in [5.41, 5.74) is 0.926. The molecule has 0 bridgehead atoms. The van der Waals surface area contributed by atoms with E-state index in [0.29, 0.717) is 11.1 Å². The van der Waals surface area contributed by atoms with E-state index >= 15 is 0 Å². The third-order valence-corrected chi connectivity index (χ3v) is 5.24. The van der Waals surface area contributed by atoms with Crippen molar-refractivity contribution in [3.8, 4) is 0 Å². The van der Waals surface area contributed by atoms with Crippen LogP contribution in [0, 0.1) is 5.92 Å². The van der Waals surface area contributed by atoms with E-state index in [1.54, 1.807) is 0 Å². The van der Waals surface area contributed by atoms with Gasteiger partial charge in [0.1, 0.15) is 0 Å². The molecular weight excluding hydrogens is 296 g/mol. The van der Waals surface area contributed by atoms with Gasteiger partial charge in [-0.3, -0.25) is 0 Å². The summed E-state index contributed by atoms with van der Waals surface area (Å²) in [4.78, 5) is 2.61. The van der Waals surface area contributed by atoms with Crippen molar-refractivity contribution in [2.75, 3.05) is 19.6 Å². The standard InChI is InChI=1S/C18H27ClN2O/c1-13(18(22)15-4-6-16(19)7-5-15)20-17-8-10-21(11-9-17)12-14-2-3-14/h4-7,13-14,17-18,20,22H,2-3,8-12H2,1H3. The van der Waals surface area contributed by atoms with Crippen LogP contribution in [0.3, 0.4) is 0 Å². The Morgan fingerprint density at radius 3 is 2.41 bits per heavy atom. The maximum Gasteiger partial charge on any atom is 0.0940 e. The molecule has 1 aliphatic heterocycles. The Balaban J connectivity index is 1.45. The van der Waals surface area contributed by atoms with Gasteiger partial charge in [-0.05, 0) is 69.3 Å². The van der Waals surface area contributed by atoms with E-state index in [1.165, 1.54) is 45.3 Å². The maximum absolute atomic E-state index is 10.5. The molecule has 1 saturated carbocycles. The predicted octanol–water partition coefficient (Wildman–Crippen LogP) is 3.23. The Kier molecular flexibility index (Phi) is 5.40. The van der Waals surface area contributed by atoms with Gasteiger partial charge in [-0.15, -0.1) is 0 Å². The van der Waals surface area contributed by atoms with E-state index in [4.69, 9.17) is 11.6 Å². The highest BCUT2D eigenvalue weighted by Gasteiger charge is 2.28. The molecule has 0 spiro atoms. The Morgan fingerprint density at radius 1 is 1.18 bits per heavy atom. The Bertz CT molecular complexity index is 466. The molecular formula is C18H27ClN2O. The Morgan fingerprint density at radius 2 is 1.82 bits per heavy atom. The molecule has 2 atom stereocenters. The van der Waals surface area contributed by atoms with Crippen molar-refractivity contribution in [3.63, 3.8) is 0 Å². The zero-order valence-corrected chi connectivity index (χ0v) is 14.1. The lowest BCUT2D eigenvalue weighted by Gasteiger charge is -2.35. The van der Waals surface area contributed by atoms with Gasteiger partial charge >= 0.3 is 0 Å². The van der Waals surface area contributed by atoms with E-state index < -0.39 is 6.10 Å². The zero-order chi connectivity index (χ0) is 15.5. The van der Waals surface area contributed by atoms with Crippen LogP contribution < -0.4 is 5.32 Å². The molecule has 2 fully saturated rings. The second-order valence-electron chi connectivity index (χ2n) is 6.97. The lowest BCUT2D eigenvalue weighted by atomic mass is 9.99. The molecule has 1 saturated heterocycles. The fourth-order valence-corrected chi connectivity index (χ4v) is 3.49. The van der Waals surface area contributed by atoms with E-state index in [1.807, 2.05) is 24.3 Å². The largest absolute Gasteiger partial charge is 0.387 e. The zero-order valence-electron chi connectivity index (χ0n) is 13.3. The highest BCUT2D eigenvalue weighted by atomic mass is 35.5. The second kappa shape index (κ2) is 7.31. The minimum Gasteiger partial charge on any atom is -0.387 e. The number of piperidine rings is 1. The first-order valence-electron chi connectivity index (χ1n) is 8.54. The van der Waals surface area contributed by atoms with Crippen LogP contribution in [0.1, 0.15) is 44.3 Å². The van der Waals surface area contributed by atoms with Crippen molar-refractivity contribution in [3.05, 3.63) is 34.9 Å². The Hall–Kier alpha value is -0.610. The summed E-state index contributed by atoms with van der Waals surface area (Å²) in [6.45, 7) is 5.75. The molecule has 0 radical (unpaired) electrons. The van der Waals surface area contributed by atoms with Gasteiger partial charge in [0.25, 0.3) is 0 Å². The summed E-state index contributed by atoms with van der Waals surface area (Å²) in [6, 6.07) is 8.06. The van der Waals surface area contributed by atoms with Crippen molar-refractivity contribution in [1.29, 1.82) is 0 Å². The fourth-order valence-electron chi connectivity index (χ4n) is 3.36. The lowest BCUT2D eigenvalue weighted by Crippen LogP contribution is -2.47. The normalized spacial score (nSPS) is 23.4. The van der Waals surface area contributed by atoms with Crippen LogP contribution in [0.4, 0.5) is 0 Å². The molecule has 0 amide bonds. The molecule has 2 aliphatic rings. The topological polar surface area (TPSA) is 35.5 Å². The number of benzene rings is 1. The van der Waals surface area contributed by atoms with E-state index in [9.17, 15) is 5.11 Å². The molecule has 22 heavy (non-hydrogen) atoms. The SMILES string of the molecule is CC(NC1CCN(CC2CC2)CC1)C(O)c1ccc(Cl)cc1. The fraction of sp³-hybridized carbons (Fsp3) is 0.667. The second-order valence-corrected chi connectivity index (χ2v) is 7.41. The van der Waals surface area contributed by atoms with Crippen molar-refractivity contribution in [2.24, 2.45) is 5.92 Å². The molecule has 2 N–H and O–H groups in total. The number of rotatable bonds is 6. The number of nitrogens with one attached hydrogen (secondary N) is 1. The molecule has 1 heterocycles. The Labute approximate surface area is 138 Å². The summed E-state index contributed by atoms with van der Waals surface area (Å²) in [7, 11) is 0. The molecule has 3 nitrogen and oxygen atoms in total. The van der Waals surface area contributed by atoms with Crippen molar-refractivity contribution < 1.29 is 5.11 Å². The molecule has 1 aromatic rings. The summed E-state index contributed by atoms with van der Waals surface area (Å²) in [5, 5.41) is 14.8. The third-order valence-electron chi connectivity index (χ3n) is 4.98. The average Bonchev–Trinajstić information content (AvgIpc) is 3.33. The van der Waals surface area contributed by atoms with Crippen molar-refractivity contribution in [2.45, 2.75) is 50.8 Å². The highest BCUT2D eigenvalue weighted by Crippen LogP contribution is 2.30. The number of aliphatic hydroxyl groups is 1. The predicted molar refractivity (Wildman–Crippen MR) is 91.2 cm³/mol. The number of likely N-dealkylation sites (tertiary alicyclic amines) is 1. The first kappa shape index (κ1) is 16.3. The smallest absolute Gasteiger partial charge is 0.0940 e. The minimum absolute atomic E-state index is 0.0566. The number of hydrogen-bond acceptors (Lipinski definition) is 3. The minimum atomic E-state index is -0.484. The van der Waals surface area contributed by atoms with Gasteiger partial charge in [0.15, 0.2) is 0 Å².